The van der Waals surface area contributed by atoms with Gasteiger partial charge in [-0.25, -0.2) is 8.42 Å². The molecule has 1 saturated heterocycles. The number of nitrogens with zero attached hydrogens (tertiary/aromatic N) is 2. The van der Waals surface area contributed by atoms with Crippen LogP contribution in [0.3, 0.4) is 0 Å². The second-order valence-electron chi connectivity index (χ2n) is 7.95. The number of carbonyl (C=O) groups excluding carboxylic acids is 2. The van der Waals surface area contributed by atoms with Crippen LogP contribution in [0.25, 0.3) is 0 Å². The first-order valence-electron chi connectivity index (χ1n) is 10.3. The Bertz CT molecular complexity index is 825. The molecular weight excluding hydrogens is 396 g/mol. The lowest BCUT2D eigenvalue weighted by Gasteiger charge is -2.31. The molecule has 9 nitrogen and oxygen atoms in total. The third-order valence-electron chi connectivity index (χ3n) is 5.69. The number of rotatable bonds is 7. The molecule has 0 bridgehead atoms. The molecule has 1 saturated carbocycles. The minimum absolute atomic E-state index is 0.0524. The molecule has 10 heteroatoms. The molecule has 1 aromatic rings. The van der Waals surface area contributed by atoms with Gasteiger partial charge in [0.05, 0.1) is 5.92 Å². The van der Waals surface area contributed by atoms with Crippen LogP contribution in [0.4, 0.5) is 0 Å². The van der Waals surface area contributed by atoms with E-state index in [1.54, 1.807) is 13.8 Å². The average molecular weight is 427 g/mol. The van der Waals surface area contributed by atoms with E-state index >= 15 is 0 Å². The Morgan fingerprint density at radius 3 is 2.55 bits per heavy atom. The third-order valence-corrected chi connectivity index (χ3v) is 7.80. The summed E-state index contributed by atoms with van der Waals surface area (Å²) in [5.74, 6) is -0.444. The molecule has 1 unspecified atom stereocenters. The van der Waals surface area contributed by atoms with Crippen LogP contribution < -0.4 is 10.6 Å². The van der Waals surface area contributed by atoms with Gasteiger partial charge in [0.1, 0.15) is 10.6 Å². The summed E-state index contributed by atoms with van der Waals surface area (Å²) < 4.78 is 32.3. The van der Waals surface area contributed by atoms with Gasteiger partial charge in [-0.05, 0) is 39.5 Å². The number of carbonyl (C=O) groups is 2. The highest BCUT2D eigenvalue weighted by atomic mass is 32.2. The maximum Gasteiger partial charge on any atom is 0.248 e. The Labute approximate surface area is 171 Å². The second kappa shape index (κ2) is 9.25. The van der Waals surface area contributed by atoms with Crippen LogP contribution in [0.2, 0.25) is 0 Å². The van der Waals surface area contributed by atoms with Gasteiger partial charge in [-0.15, -0.1) is 0 Å². The zero-order valence-electron chi connectivity index (χ0n) is 17.1. The Balaban J connectivity index is 1.51. The number of sulfonamides is 1. The van der Waals surface area contributed by atoms with E-state index in [0.29, 0.717) is 25.1 Å². The number of piperidine rings is 1. The lowest BCUT2D eigenvalue weighted by Crippen LogP contribution is -2.46. The fourth-order valence-corrected chi connectivity index (χ4v) is 5.98. The number of aromatic nitrogens is 1. The first kappa shape index (κ1) is 21.8. The van der Waals surface area contributed by atoms with Crippen molar-refractivity contribution in [2.75, 3.05) is 19.6 Å². The van der Waals surface area contributed by atoms with Gasteiger partial charge in [-0.3, -0.25) is 9.59 Å². The van der Waals surface area contributed by atoms with Crippen molar-refractivity contribution in [2.24, 2.45) is 5.92 Å². The zero-order valence-corrected chi connectivity index (χ0v) is 17.9. The molecule has 2 fully saturated rings. The van der Waals surface area contributed by atoms with Crippen LogP contribution >= 0.6 is 0 Å². The highest BCUT2D eigenvalue weighted by Crippen LogP contribution is 2.27. The van der Waals surface area contributed by atoms with Crippen LogP contribution in [0.5, 0.6) is 0 Å². The highest BCUT2D eigenvalue weighted by molar-refractivity contribution is 7.89. The summed E-state index contributed by atoms with van der Waals surface area (Å²) >= 11 is 0. The normalized spacial score (nSPS) is 21.2. The number of hydrogen-bond acceptors (Lipinski definition) is 6. The van der Waals surface area contributed by atoms with Gasteiger partial charge in [0.15, 0.2) is 5.76 Å². The Hall–Kier alpha value is -1.94. The number of amides is 2. The molecule has 2 amide bonds. The van der Waals surface area contributed by atoms with Crippen LogP contribution in [-0.4, -0.2) is 55.4 Å². The minimum atomic E-state index is -3.76. The van der Waals surface area contributed by atoms with E-state index < -0.39 is 15.9 Å². The van der Waals surface area contributed by atoms with Crippen molar-refractivity contribution in [2.45, 2.75) is 69.7 Å². The van der Waals surface area contributed by atoms with Crippen LogP contribution in [0, 0.1) is 19.8 Å². The number of aryl methyl sites for hydroxylation is 2. The quantitative estimate of drug-likeness (QED) is 0.677. The van der Waals surface area contributed by atoms with Gasteiger partial charge < -0.3 is 15.2 Å². The summed E-state index contributed by atoms with van der Waals surface area (Å²) in [4.78, 5) is 24.6. The van der Waals surface area contributed by atoms with Crippen LogP contribution in [-0.2, 0) is 19.6 Å². The summed E-state index contributed by atoms with van der Waals surface area (Å²) in [6.45, 7) is 3.89. The number of nitrogens with one attached hydrogen (secondary N) is 2. The topological polar surface area (TPSA) is 122 Å². The van der Waals surface area contributed by atoms with Gasteiger partial charge >= 0.3 is 0 Å². The molecule has 1 aromatic heterocycles. The molecule has 1 atom stereocenters. The molecule has 2 heterocycles. The van der Waals surface area contributed by atoms with Gasteiger partial charge in [0.2, 0.25) is 21.8 Å². The molecule has 1 aliphatic heterocycles. The SMILES string of the molecule is Cc1noc(C)c1S(=O)(=O)N1CCCC(C(=O)NCCC(=O)NC2CCCC2)C1. The zero-order chi connectivity index (χ0) is 21.0. The summed E-state index contributed by atoms with van der Waals surface area (Å²) in [7, 11) is -3.76. The summed E-state index contributed by atoms with van der Waals surface area (Å²) in [5.41, 5.74) is 0.322. The van der Waals surface area contributed by atoms with E-state index in [9.17, 15) is 18.0 Å². The monoisotopic (exact) mass is 426 g/mol. The van der Waals surface area contributed by atoms with Crippen molar-refractivity contribution in [3.8, 4) is 0 Å². The number of hydrogen-bond donors (Lipinski definition) is 2. The first-order valence-corrected chi connectivity index (χ1v) is 11.7. The average Bonchev–Trinajstić information content (AvgIpc) is 3.31. The largest absolute Gasteiger partial charge is 0.360 e. The second-order valence-corrected chi connectivity index (χ2v) is 9.82. The smallest absolute Gasteiger partial charge is 0.248 e. The summed E-state index contributed by atoms with van der Waals surface area (Å²) in [5, 5.41) is 9.51. The van der Waals surface area contributed by atoms with Crippen molar-refractivity contribution in [1.82, 2.24) is 20.1 Å². The van der Waals surface area contributed by atoms with Crippen molar-refractivity contribution in [3.05, 3.63) is 11.5 Å². The Kier molecular flexibility index (Phi) is 6.94. The van der Waals surface area contributed by atoms with Crippen LogP contribution in [0.1, 0.15) is 56.4 Å². The van der Waals surface area contributed by atoms with Gasteiger partial charge in [-0.2, -0.15) is 4.31 Å². The van der Waals surface area contributed by atoms with E-state index in [1.165, 1.54) is 4.31 Å². The van der Waals surface area contributed by atoms with E-state index in [4.69, 9.17) is 4.52 Å². The molecular formula is C19H30N4O5S. The highest BCUT2D eigenvalue weighted by Gasteiger charge is 2.36. The molecule has 3 rings (SSSR count). The van der Waals surface area contributed by atoms with Crippen LogP contribution in [0.15, 0.2) is 9.42 Å². The maximum absolute atomic E-state index is 13.0. The lowest BCUT2D eigenvalue weighted by molar-refractivity contribution is -0.126. The predicted octanol–water partition coefficient (Wildman–Crippen LogP) is 1.26. The van der Waals surface area contributed by atoms with Crippen molar-refractivity contribution < 1.29 is 22.5 Å². The predicted molar refractivity (Wildman–Crippen MR) is 105 cm³/mol. The molecule has 0 spiro atoms. The van der Waals surface area contributed by atoms with E-state index in [2.05, 4.69) is 15.8 Å². The molecule has 29 heavy (non-hydrogen) atoms. The third kappa shape index (κ3) is 5.16. The van der Waals surface area contributed by atoms with Crippen molar-refractivity contribution in [1.29, 1.82) is 0 Å². The Morgan fingerprint density at radius 2 is 1.90 bits per heavy atom. The van der Waals surface area contributed by atoms with E-state index in [1.807, 2.05) is 0 Å². The van der Waals surface area contributed by atoms with E-state index in [-0.39, 0.29) is 48.0 Å². The van der Waals surface area contributed by atoms with Crippen molar-refractivity contribution in [3.63, 3.8) is 0 Å². The molecule has 0 aromatic carbocycles. The first-order chi connectivity index (χ1) is 13.8. The van der Waals surface area contributed by atoms with Gasteiger partial charge in [0.25, 0.3) is 0 Å². The molecule has 162 valence electrons. The Morgan fingerprint density at radius 1 is 1.17 bits per heavy atom. The summed E-state index contributed by atoms with van der Waals surface area (Å²) in [6.07, 6.45) is 5.80. The fourth-order valence-electron chi connectivity index (χ4n) is 4.16. The van der Waals surface area contributed by atoms with E-state index in [0.717, 1.165) is 25.7 Å². The molecule has 1 aliphatic carbocycles. The fraction of sp³-hybridized carbons (Fsp3) is 0.737. The van der Waals surface area contributed by atoms with Gasteiger partial charge in [0, 0.05) is 32.1 Å². The molecule has 2 N–H and O–H groups in total. The molecule has 0 radical (unpaired) electrons. The minimum Gasteiger partial charge on any atom is -0.360 e. The molecule has 2 aliphatic rings. The van der Waals surface area contributed by atoms with Gasteiger partial charge in [-0.1, -0.05) is 18.0 Å². The lowest BCUT2D eigenvalue weighted by atomic mass is 9.99. The summed E-state index contributed by atoms with van der Waals surface area (Å²) in [6, 6.07) is 0.264. The maximum atomic E-state index is 13.0. The van der Waals surface area contributed by atoms with Crippen molar-refractivity contribution >= 4 is 21.8 Å². The standard InChI is InChI=1S/C19H30N4O5S/c1-13-18(14(2)28-22-13)29(26,27)23-11-5-6-15(12-23)19(25)20-10-9-17(24)21-16-7-3-4-8-16/h15-16H,3-12H2,1-2H3,(H,20,25)(H,21,24).